The van der Waals surface area contributed by atoms with Crippen LogP contribution in [0.3, 0.4) is 0 Å². The highest BCUT2D eigenvalue weighted by atomic mass is 19.2. The van der Waals surface area contributed by atoms with Crippen LogP contribution in [0.4, 0.5) is 14.5 Å². The molecule has 2 aromatic carbocycles. The summed E-state index contributed by atoms with van der Waals surface area (Å²) in [5.41, 5.74) is 4.84. The number of nitrogens with one attached hydrogen (secondary N) is 3. The standard InChI is InChI=1S/C31H31F2N5O4/c1-15(2)26-28(38-42-37-26)30(40)36-27(25-20-11-21(32)22(33)12-23(20)41-14-31(25)9-10-31)29(39)35-19-7-5-18(6-8-19)24-16(3)13-34-17(24)4/h5-8,11-13,15,25,27,34H,9-10,14H2,1-4H3,(H,35,39)(H,36,40)/t25?,27-/m0/s1. The number of ether oxygens (including phenoxy) is 1. The fraction of sp³-hybridized carbons (Fsp3) is 0.355. The van der Waals surface area contributed by atoms with E-state index in [0.717, 1.165) is 34.5 Å². The highest BCUT2D eigenvalue weighted by Gasteiger charge is 2.58. The summed E-state index contributed by atoms with van der Waals surface area (Å²) in [7, 11) is 0. The first-order chi connectivity index (χ1) is 20.1. The number of benzene rings is 2. The van der Waals surface area contributed by atoms with Crippen LogP contribution in [0.5, 0.6) is 5.75 Å². The maximum absolute atomic E-state index is 14.6. The van der Waals surface area contributed by atoms with Gasteiger partial charge in [-0.25, -0.2) is 13.4 Å². The number of H-pyrrole nitrogens is 1. The molecule has 9 nitrogen and oxygen atoms in total. The lowest BCUT2D eigenvalue weighted by molar-refractivity contribution is -0.119. The number of fused-ring (bicyclic) bond motifs is 1. The lowest BCUT2D eigenvalue weighted by atomic mass is 9.75. The number of amides is 2. The van der Waals surface area contributed by atoms with Gasteiger partial charge in [-0.15, -0.1) is 0 Å². The average Bonchev–Trinajstić information content (AvgIpc) is 3.38. The van der Waals surface area contributed by atoms with Crippen molar-refractivity contribution in [1.29, 1.82) is 0 Å². The van der Waals surface area contributed by atoms with E-state index in [1.54, 1.807) is 12.1 Å². The first-order valence-corrected chi connectivity index (χ1v) is 13.9. The molecule has 4 aromatic rings. The number of aromatic amines is 1. The van der Waals surface area contributed by atoms with E-state index in [1.165, 1.54) is 0 Å². The summed E-state index contributed by atoms with van der Waals surface area (Å²) in [6.45, 7) is 7.90. The Morgan fingerprint density at radius 2 is 1.79 bits per heavy atom. The average molecular weight is 576 g/mol. The van der Waals surface area contributed by atoms with E-state index < -0.39 is 40.8 Å². The molecule has 2 aliphatic rings. The summed E-state index contributed by atoms with van der Waals surface area (Å²) < 4.78 is 39.4. The maximum atomic E-state index is 14.6. The summed E-state index contributed by atoms with van der Waals surface area (Å²) in [6.07, 6.45) is 3.34. The van der Waals surface area contributed by atoms with Gasteiger partial charge in [0.1, 0.15) is 17.5 Å². The van der Waals surface area contributed by atoms with Crippen LogP contribution in [-0.2, 0) is 4.79 Å². The zero-order valence-corrected chi connectivity index (χ0v) is 23.7. The summed E-state index contributed by atoms with van der Waals surface area (Å²) in [4.78, 5) is 30.8. The summed E-state index contributed by atoms with van der Waals surface area (Å²) in [5, 5.41) is 13.4. The number of aromatic nitrogens is 3. The lowest BCUT2D eigenvalue weighted by Crippen LogP contribution is -2.52. The van der Waals surface area contributed by atoms with E-state index in [-0.39, 0.29) is 24.0 Å². The zero-order valence-electron chi connectivity index (χ0n) is 23.7. The van der Waals surface area contributed by atoms with Crippen molar-refractivity contribution >= 4 is 17.5 Å². The fourth-order valence-electron chi connectivity index (χ4n) is 5.98. The minimum Gasteiger partial charge on any atom is -0.493 e. The molecule has 3 heterocycles. The van der Waals surface area contributed by atoms with Gasteiger partial charge in [0.25, 0.3) is 5.91 Å². The largest absolute Gasteiger partial charge is 0.493 e. The van der Waals surface area contributed by atoms with E-state index in [1.807, 2.05) is 46.0 Å². The second kappa shape index (κ2) is 10.4. The number of hydrogen-bond acceptors (Lipinski definition) is 6. The number of hydrogen-bond donors (Lipinski definition) is 3. The molecule has 3 N–H and O–H groups in total. The SMILES string of the molecule is Cc1c[nH]c(C)c1-c1ccc(NC(=O)[C@@H](NC(=O)c2nonc2C(C)C)C2c3cc(F)c(F)cc3OCC23CC3)cc1. The van der Waals surface area contributed by atoms with Crippen LogP contribution < -0.4 is 15.4 Å². The first kappa shape index (κ1) is 27.6. The summed E-state index contributed by atoms with van der Waals surface area (Å²) >= 11 is 0. The van der Waals surface area contributed by atoms with Gasteiger partial charge in [-0.1, -0.05) is 31.1 Å². The van der Waals surface area contributed by atoms with Crippen molar-refractivity contribution in [3.05, 3.63) is 82.4 Å². The van der Waals surface area contributed by atoms with Crippen LogP contribution in [0, 0.1) is 30.9 Å². The number of aryl methyl sites for hydroxylation is 2. The van der Waals surface area contributed by atoms with Crippen molar-refractivity contribution in [1.82, 2.24) is 20.6 Å². The molecule has 1 fully saturated rings. The molecular formula is C31H31F2N5O4. The molecule has 0 bridgehead atoms. The van der Waals surface area contributed by atoms with Crippen LogP contribution >= 0.6 is 0 Å². The minimum atomic E-state index is -1.17. The molecule has 2 atom stereocenters. The van der Waals surface area contributed by atoms with Crippen molar-refractivity contribution in [3.63, 3.8) is 0 Å². The van der Waals surface area contributed by atoms with E-state index in [0.29, 0.717) is 29.8 Å². The van der Waals surface area contributed by atoms with Crippen molar-refractivity contribution in [3.8, 4) is 16.9 Å². The van der Waals surface area contributed by atoms with E-state index in [9.17, 15) is 18.4 Å². The van der Waals surface area contributed by atoms with E-state index >= 15 is 0 Å². The Balaban J connectivity index is 1.36. The number of rotatable bonds is 7. The molecule has 2 amide bonds. The topological polar surface area (TPSA) is 122 Å². The van der Waals surface area contributed by atoms with Gasteiger partial charge in [0.05, 0.1) is 6.61 Å². The third kappa shape index (κ3) is 4.82. The maximum Gasteiger partial charge on any atom is 0.276 e. The Morgan fingerprint density at radius 1 is 1.07 bits per heavy atom. The van der Waals surface area contributed by atoms with Gasteiger partial charge in [0.15, 0.2) is 17.3 Å². The van der Waals surface area contributed by atoms with Gasteiger partial charge in [0, 0.05) is 52.0 Å². The first-order valence-electron chi connectivity index (χ1n) is 13.9. The Labute approximate surface area is 241 Å². The second-order valence-electron chi connectivity index (χ2n) is 11.6. The monoisotopic (exact) mass is 575 g/mol. The number of anilines is 1. The minimum absolute atomic E-state index is 0.0354. The molecule has 1 saturated carbocycles. The number of carbonyl (C=O) groups is 2. The Bertz CT molecular complexity index is 1650. The quantitative estimate of drug-likeness (QED) is 0.257. The molecule has 1 spiro atoms. The second-order valence-corrected chi connectivity index (χ2v) is 11.6. The third-order valence-corrected chi connectivity index (χ3v) is 8.35. The fourth-order valence-corrected chi connectivity index (χ4v) is 5.98. The van der Waals surface area contributed by atoms with E-state index in [2.05, 4.69) is 25.9 Å². The van der Waals surface area contributed by atoms with Crippen molar-refractivity contribution in [2.75, 3.05) is 11.9 Å². The van der Waals surface area contributed by atoms with Gasteiger partial charge < -0.3 is 20.4 Å². The molecule has 218 valence electrons. The number of carbonyl (C=O) groups excluding carboxylic acids is 2. The van der Waals surface area contributed by atoms with Crippen LogP contribution in [0.15, 0.2) is 47.2 Å². The molecule has 11 heteroatoms. The Morgan fingerprint density at radius 3 is 2.43 bits per heavy atom. The van der Waals surface area contributed by atoms with E-state index in [4.69, 9.17) is 9.37 Å². The van der Waals surface area contributed by atoms with Crippen LogP contribution in [0.25, 0.3) is 11.1 Å². The molecule has 1 unspecified atom stereocenters. The predicted molar refractivity (Wildman–Crippen MR) is 150 cm³/mol. The summed E-state index contributed by atoms with van der Waals surface area (Å²) in [5.74, 6) is -3.97. The normalized spacial score (nSPS) is 17.5. The summed E-state index contributed by atoms with van der Waals surface area (Å²) in [6, 6.07) is 8.28. The van der Waals surface area contributed by atoms with Gasteiger partial charge >= 0.3 is 0 Å². The predicted octanol–water partition coefficient (Wildman–Crippen LogP) is 5.78. The number of halogens is 2. The molecule has 42 heavy (non-hydrogen) atoms. The number of nitrogens with zero attached hydrogens (tertiary/aromatic N) is 2. The molecular weight excluding hydrogens is 544 g/mol. The van der Waals surface area contributed by atoms with Gasteiger partial charge in [-0.2, -0.15) is 0 Å². The highest BCUT2D eigenvalue weighted by molar-refractivity contribution is 6.01. The van der Waals surface area contributed by atoms with Crippen LogP contribution in [0.2, 0.25) is 0 Å². The van der Waals surface area contributed by atoms with Gasteiger partial charge in [0.2, 0.25) is 5.91 Å². The van der Waals surface area contributed by atoms with Gasteiger partial charge in [-0.3, -0.25) is 9.59 Å². The Hall–Kier alpha value is -4.54. The molecule has 0 radical (unpaired) electrons. The van der Waals surface area contributed by atoms with Crippen molar-refractivity contribution in [2.24, 2.45) is 5.41 Å². The van der Waals surface area contributed by atoms with Crippen molar-refractivity contribution in [2.45, 2.75) is 58.4 Å². The smallest absolute Gasteiger partial charge is 0.276 e. The lowest BCUT2D eigenvalue weighted by Gasteiger charge is -2.38. The van der Waals surface area contributed by atoms with Crippen molar-refractivity contribution < 1.29 is 27.7 Å². The molecule has 2 aromatic heterocycles. The Kier molecular flexibility index (Phi) is 6.83. The molecule has 1 aliphatic carbocycles. The molecule has 0 saturated heterocycles. The van der Waals surface area contributed by atoms with Crippen LogP contribution in [0.1, 0.15) is 71.5 Å². The highest BCUT2D eigenvalue weighted by Crippen LogP contribution is 2.61. The van der Waals surface area contributed by atoms with Gasteiger partial charge in [-0.05, 0) is 61.2 Å². The van der Waals surface area contributed by atoms with Crippen LogP contribution in [-0.4, -0.2) is 39.8 Å². The third-order valence-electron chi connectivity index (χ3n) is 8.35. The zero-order chi connectivity index (χ0) is 29.8. The molecule has 1 aliphatic heterocycles. The molecule has 6 rings (SSSR count).